The molecule has 1 aromatic carbocycles. The van der Waals surface area contributed by atoms with E-state index in [9.17, 15) is 4.79 Å². The molecule has 1 unspecified atom stereocenters. The van der Waals surface area contributed by atoms with Crippen LogP contribution in [0.2, 0.25) is 0 Å². The number of amides is 2. The molecule has 0 radical (unpaired) electrons. The van der Waals surface area contributed by atoms with Crippen LogP contribution in [-0.4, -0.2) is 27.5 Å². The van der Waals surface area contributed by atoms with Gasteiger partial charge in [0.2, 0.25) is 0 Å². The summed E-state index contributed by atoms with van der Waals surface area (Å²) in [6, 6.07) is 7.88. The highest BCUT2D eigenvalue weighted by Gasteiger charge is 2.13. The van der Waals surface area contributed by atoms with Crippen molar-refractivity contribution in [1.82, 2.24) is 25.6 Å². The summed E-state index contributed by atoms with van der Waals surface area (Å²) in [6.45, 7) is 6.42. The van der Waals surface area contributed by atoms with Gasteiger partial charge in [0.1, 0.15) is 5.82 Å². The van der Waals surface area contributed by atoms with Crippen molar-refractivity contribution in [3.8, 4) is 0 Å². The molecule has 3 rings (SSSR count). The lowest BCUT2D eigenvalue weighted by atomic mass is 10.1. The summed E-state index contributed by atoms with van der Waals surface area (Å²) in [5, 5.41) is 7.02. The van der Waals surface area contributed by atoms with E-state index < -0.39 is 0 Å². The van der Waals surface area contributed by atoms with Gasteiger partial charge in [-0.1, -0.05) is 12.1 Å². The van der Waals surface area contributed by atoms with Gasteiger partial charge in [0.15, 0.2) is 0 Å². The number of imidazole rings is 1. The normalized spacial score (nSPS) is 12.3. The summed E-state index contributed by atoms with van der Waals surface area (Å²) >= 11 is 0. The minimum absolute atomic E-state index is 0.162. The van der Waals surface area contributed by atoms with Gasteiger partial charge >= 0.3 is 6.03 Å². The molecule has 0 spiro atoms. The number of benzene rings is 1. The van der Waals surface area contributed by atoms with Gasteiger partial charge in [-0.25, -0.2) is 9.78 Å². The highest BCUT2D eigenvalue weighted by atomic mass is 16.2. The molecule has 3 aromatic rings. The number of aromatic nitrogens is 3. The number of carbonyl (C=O) groups excluding carboxylic acids is 1. The average molecular weight is 325 g/mol. The number of hydrogen-bond acceptors (Lipinski definition) is 2. The molecule has 6 heteroatoms. The molecule has 6 nitrogen and oxygen atoms in total. The molecule has 0 saturated carbocycles. The van der Waals surface area contributed by atoms with Crippen LogP contribution in [0.5, 0.6) is 0 Å². The standard InChI is InChI=1S/C18H23N5O/c1-11-12(2)22-17(21-11)13(3)23-18(24)20-9-7-14-5-4-6-16-15(14)8-10-19-16/h4-6,8,10,13,19H,7,9H2,1-3H3,(H,21,22)(H2,20,23,24). The van der Waals surface area contributed by atoms with Gasteiger partial charge in [0.25, 0.3) is 0 Å². The molecular weight excluding hydrogens is 302 g/mol. The summed E-state index contributed by atoms with van der Waals surface area (Å²) in [6.07, 6.45) is 2.72. The van der Waals surface area contributed by atoms with Crippen LogP contribution in [0.4, 0.5) is 4.79 Å². The third-order valence-electron chi connectivity index (χ3n) is 4.27. The minimum Gasteiger partial charge on any atom is -0.361 e. The van der Waals surface area contributed by atoms with E-state index in [2.05, 4.69) is 37.7 Å². The van der Waals surface area contributed by atoms with Crippen molar-refractivity contribution in [3.05, 3.63) is 53.2 Å². The minimum atomic E-state index is -0.185. The van der Waals surface area contributed by atoms with E-state index >= 15 is 0 Å². The van der Waals surface area contributed by atoms with Crippen molar-refractivity contribution in [2.75, 3.05) is 6.54 Å². The second-order valence-electron chi connectivity index (χ2n) is 6.06. The zero-order valence-electron chi connectivity index (χ0n) is 14.2. The maximum Gasteiger partial charge on any atom is 0.315 e. The lowest BCUT2D eigenvalue weighted by molar-refractivity contribution is 0.237. The van der Waals surface area contributed by atoms with Crippen LogP contribution in [0, 0.1) is 13.8 Å². The van der Waals surface area contributed by atoms with E-state index in [1.165, 1.54) is 10.9 Å². The highest BCUT2D eigenvalue weighted by Crippen LogP contribution is 2.17. The fourth-order valence-electron chi connectivity index (χ4n) is 2.78. The number of rotatable bonds is 5. The fraction of sp³-hybridized carbons (Fsp3) is 0.333. The molecule has 4 N–H and O–H groups in total. The number of aromatic amines is 2. The van der Waals surface area contributed by atoms with Crippen LogP contribution in [0.15, 0.2) is 30.5 Å². The quantitative estimate of drug-likeness (QED) is 0.581. The zero-order chi connectivity index (χ0) is 17.1. The number of urea groups is 1. The molecule has 24 heavy (non-hydrogen) atoms. The van der Waals surface area contributed by atoms with Crippen LogP contribution >= 0.6 is 0 Å². The second-order valence-corrected chi connectivity index (χ2v) is 6.06. The number of hydrogen-bond donors (Lipinski definition) is 4. The Balaban J connectivity index is 1.51. The van der Waals surface area contributed by atoms with E-state index in [4.69, 9.17) is 0 Å². The molecule has 1 atom stereocenters. The van der Waals surface area contributed by atoms with Gasteiger partial charge in [0, 0.05) is 29.3 Å². The summed E-state index contributed by atoms with van der Waals surface area (Å²) in [5.41, 5.74) is 4.32. The number of aryl methyl sites for hydroxylation is 2. The van der Waals surface area contributed by atoms with E-state index in [1.54, 1.807) is 0 Å². The molecule has 126 valence electrons. The first-order valence-electron chi connectivity index (χ1n) is 8.17. The number of H-pyrrole nitrogens is 2. The van der Waals surface area contributed by atoms with Gasteiger partial charge in [-0.3, -0.25) is 0 Å². The summed E-state index contributed by atoms with van der Waals surface area (Å²) < 4.78 is 0. The number of carbonyl (C=O) groups is 1. The first kappa shape index (κ1) is 16.1. The summed E-state index contributed by atoms with van der Waals surface area (Å²) in [7, 11) is 0. The fourth-order valence-corrected chi connectivity index (χ4v) is 2.78. The number of nitrogens with one attached hydrogen (secondary N) is 4. The van der Waals surface area contributed by atoms with E-state index in [-0.39, 0.29) is 12.1 Å². The lowest BCUT2D eigenvalue weighted by Gasteiger charge is -2.13. The number of nitrogens with zero attached hydrogens (tertiary/aromatic N) is 1. The zero-order valence-corrected chi connectivity index (χ0v) is 14.2. The molecule has 0 aliphatic carbocycles. The van der Waals surface area contributed by atoms with E-state index in [1.807, 2.05) is 39.1 Å². The van der Waals surface area contributed by atoms with E-state index in [0.717, 1.165) is 29.1 Å². The van der Waals surface area contributed by atoms with Gasteiger partial charge < -0.3 is 20.6 Å². The third kappa shape index (κ3) is 3.42. The van der Waals surface area contributed by atoms with E-state index in [0.29, 0.717) is 6.54 Å². The van der Waals surface area contributed by atoms with Crippen LogP contribution < -0.4 is 10.6 Å². The summed E-state index contributed by atoms with van der Waals surface area (Å²) in [4.78, 5) is 22.9. The van der Waals surface area contributed by atoms with Gasteiger partial charge in [-0.15, -0.1) is 0 Å². The second kappa shape index (κ2) is 6.78. The molecule has 2 heterocycles. The molecule has 0 saturated heterocycles. The maximum atomic E-state index is 12.1. The molecular formula is C18H23N5O. The smallest absolute Gasteiger partial charge is 0.315 e. The van der Waals surface area contributed by atoms with Crippen molar-refractivity contribution >= 4 is 16.9 Å². The largest absolute Gasteiger partial charge is 0.361 e. The van der Waals surface area contributed by atoms with Crippen LogP contribution in [0.1, 0.15) is 35.7 Å². The van der Waals surface area contributed by atoms with Crippen molar-refractivity contribution < 1.29 is 4.79 Å². The Morgan fingerprint density at radius 3 is 2.88 bits per heavy atom. The molecule has 0 aliphatic heterocycles. The molecule has 0 bridgehead atoms. The maximum absolute atomic E-state index is 12.1. The topological polar surface area (TPSA) is 85.6 Å². The predicted octanol–water partition coefficient (Wildman–Crippen LogP) is 3.11. The Kier molecular flexibility index (Phi) is 4.55. The molecule has 0 aliphatic rings. The molecule has 0 fully saturated rings. The Bertz CT molecular complexity index is 829. The van der Waals surface area contributed by atoms with Crippen molar-refractivity contribution in [2.45, 2.75) is 33.2 Å². The average Bonchev–Trinajstić information content (AvgIpc) is 3.15. The first-order valence-corrected chi connectivity index (χ1v) is 8.17. The van der Waals surface area contributed by atoms with Gasteiger partial charge in [0.05, 0.1) is 11.7 Å². The van der Waals surface area contributed by atoms with Crippen molar-refractivity contribution in [1.29, 1.82) is 0 Å². The van der Waals surface area contributed by atoms with Crippen molar-refractivity contribution in [2.24, 2.45) is 0 Å². The first-order chi connectivity index (χ1) is 11.5. The molecule has 2 amide bonds. The molecule has 2 aromatic heterocycles. The number of fused-ring (bicyclic) bond motifs is 1. The van der Waals surface area contributed by atoms with Crippen LogP contribution in [0.3, 0.4) is 0 Å². The third-order valence-corrected chi connectivity index (χ3v) is 4.27. The lowest BCUT2D eigenvalue weighted by Crippen LogP contribution is -2.38. The Morgan fingerprint density at radius 2 is 2.12 bits per heavy atom. The summed E-state index contributed by atoms with van der Waals surface area (Å²) in [5.74, 6) is 0.775. The van der Waals surface area contributed by atoms with Crippen LogP contribution in [-0.2, 0) is 6.42 Å². The highest BCUT2D eigenvalue weighted by molar-refractivity contribution is 5.83. The SMILES string of the molecule is Cc1nc(C(C)NC(=O)NCCc2cccc3[nH]ccc23)[nH]c1C. The monoisotopic (exact) mass is 325 g/mol. The van der Waals surface area contributed by atoms with Gasteiger partial charge in [-0.2, -0.15) is 0 Å². The van der Waals surface area contributed by atoms with Gasteiger partial charge in [-0.05, 0) is 44.9 Å². The Labute approximate surface area is 141 Å². The van der Waals surface area contributed by atoms with Crippen LogP contribution in [0.25, 0.3) is 10.9 Å². The van der Waals surface area contributed by atoms with Crippen molar-refractivity contribution in [3.63, 3.8) is 0 Å². The predicted molar refractivity (Wildman–Crippen MR) is 95.0 cm³/mol. The Hall–Kier alpha value is -2.76. The Morgan fingerprint density at radius 1 is 1.29 bits per heavy atom.